The van der Waals surface area contributed by atoms with E-state index in [0.717, 1.165) is 37.7 Å². The minimum Gasteiger partial charge on any atom is -0.393 e. The van der Waals surface area contributed by atoms with Crippen molar-refractivity contribution in [1.29, 1.82) is 0 Å². The van der Waals surface area contributed by atoms with Crippen LogP contribution in [0.2, 0.25) is 0 Å². The Labute approximate surface area is 144 Å². The molecular formula is C21H40O2. The van der Waals surface area contributed by atoms with Crippen molar-refractivity contribution in [3.05, 3.63) is 0 Å². The van der Waals surface area contributed by atoms with E-state index in [1.807, 2.05) is 0 Å². The Morgan fingerprint density at radius 2 is 1.48 bits per heavy atom. The van der Waals surface area contributed by atoms with Gasteiger partial charge >= 0.3 is 0 Å². The second kappa shape index (κ2) is 11.5. The molecular weight excluding hydrogens is 284 g/mol. The molecule has 23 heavy (non-hydrogen) atoms. The largest absolute Gasteiger partial charge is 0.393 e. The topological polar surface area (TPSA) is 29.5 Å². The first-order valence-corrected chi connectivity index (χ1v) is 10.6. The highest BCUT2D eigenvalue weighted by molar-refractivity contribution is 4.77. The molecule has 0 aliphatic heterocycles. The molecule has 2 bridgehead atoms. The summed E-state index contributed by atoms with van der Waals surface area (Å²) in [5.41, 5.74) is 0. The van der Waals surface area contributed by atoms with Crippen molar-refractivity contribution in [2.75, 3.05) is 6.61 Å². The van der Waals surface area contributed by atoms with Crippen LogP contribution in [0.4, 0.5) is 0 Å². The molecule has 3 saturated carbocycles. The fraction of sp³-hybridized carbons (Fsp3) is 1.00. The lowest BCUT2D eigenvalue weighted by Gasteiger charge is -2.31. The highest BCUT2D eigenvalue weighted by atomic mass is 16.5. The summed E-state index contributed by atoms with van der Waals surface area (Å²) < 4.78 is 6.32. The zero-order valence-corrected chi connectivity index (χ0v) is 15.5. The molecule has 2 unspecified atom stereocenters. The summed E-state index contributed by atoms with van der Waals surface area (Å²) in [7, 11) is 0. The van der Waals surface area contributed by atoms with Crippen LogP contribution in [0.3, 0.4) is 0 Å². The van der Waals surface area contributed by atoms with Crippen LogP contribution >= 0.6 is 0 Å². The summed E-state index contributed by atoms with van der Waals surface area (Å²) in [6.45, 7) is 3.15. The molecule has 0 radical (unpaired) electrons. The summed E-state index contributed by atoms with van der Waals surface area (Å²) in [6, 6.07) is 0. The van der Waals surface area contributed by atoms with Crippen LogP contribution in [0.25, 0.3) is 0 Å². The number of hydrogen-bond donors (Lipinski definition) is 1. The minimum atomic E-state index is -0.100. The van der Waals surface area contributed by atoms with Crippen LogP contribution in [-0.2, 0) is 4.74 Å². The number of hydrogen-bond acceptors (Lipinski definition) is 2. The zero-order valence-electron chi connectivity index (χ0n) is 15.5. The van der Waals surface area contributed by atoms with E-state index in [0.29, 0.717) is 6.10 Å². The molecule has 3 aliphatic carbocycles. The number of aliphatic hydroxyl groups excluding tert-OH is 1. The number of unbranched alkanes of at least 4 members (excludes halogenated alkanes) is 1. The summed E-state index contributed by atoms with van der Waals surface area (Å²) in [4.78, 5) is 0. The fourth-order valence-electron chi connectivity index (χ4n) is 4.62. The van der Waals surface area contributed by atoms with Crippen molar-refractivity contribution >= 4 is 0 Å². The Hall–Kier alpha value is -0.0800. The molecule has 0 aromatic rings. The van der Waals surface area contributed by atoms with Gasteiger partial charge in [-0.2, -0.15) is 0 Å². The molecule has 136 valence electrons. The van der Waals surface area contributed by atoms with Crippen molar-refractivity contribution < 1.29 is 9.84 Å². The Balaban J connectivity index is 2.02. The average molecular weight is 325 g/mol. The molecule has 0 spiro atoms. The predicted octanol–water partition coefficient (Wildman–Crippen LogP) is 5.86. The maximum atomic E-state index is 10.5. The van der Waals surface area contributed by atoms with Crippen LogP contribution in [0.1, 0.15) is 103 Å². The summed E-state index contributed by atoms with van der Waals surface area (Å²) >= 11 is 0. The average Bonchev–Trinajstić information content (AvgIpc) is 2.52. The van der Waals surface area contributed by atoms with Gasteiger partial charge < -0.3 is 9.84 Å². The van der Waals surface area contributed by atoms with E-state index in [-0.39, 0.29) is 6.10 Å². The standard InChI is InChI=1S/C21H40O2/c1-2-3-16-23-21-15-14-20(22)17-18-10-6-4-8-12-19(21)13-9-5-7-11-18/h18-22H,2-17H2,1H3. The van der Waals surface area contributed by atoms with Gasteiger partial charge in [-0.25, -0.2) is 0 Å². The molecule has 2 heteroatoms. The molecule has 2 nitrogen and oxygen atoms in total. The number of ether oxygens (including phenoxy) is 1. The second-order valence-electron chi connectivity index (χ2n) is 8.13. The van der Waals surface area contributed by atoms with Crippen LogP contribution in [0, 0.1) is 11.8 Å². The van der Waals surface area contributed by atoms with Gasteiger partial charge in [-0.1, -0.05) is 64.7 Å². The van der Waals surface area contributed by atoms with Crippen molar-refractivity contribution in [2.45, 2.75) is 115 Å². The quantitative estimate of drug-likeness (QED) is 0.656. The first kappa shape index (κ1) is 19.2. The van der Waals surface area contributed by atoms with E-state index < -0.39 is 0 Å². The summed E-state index contributed by atoms with van der Waals surface area (Å²) in [6.07, 6.45) is 19.4. The molecule has 0 aromatic carbocycles. The molecule has 0 saturated heterocycles. The van der Waals surface area contributed by atoms with Crippen molar-refractivity contribution in [3.63, 3.8) is 0 Å². The molecule has 2 atom stereocenters. The molecule has 0 aromatic heterocycles. The highest BCUT2D eigenvalue weighted by Crippen LogP contribution is 2.32. The monoisotopic (exact) mass is 324 g/mol. The zero-order chi connectivity index (χ0) is 16.3. The second-order valence-corrected chi connectivity index (χ2v) is 8.13. The van der Waals surface area contributed by atoms with E-state index in [4.69, 9.17) is 4.74 Å². The third-order valence-electron chi connectivity index (χ3n) is 6.12. The van der Waals surface area contributed by atoms with Gasteiger partial charge in [0.05, 0.1) is 12.2 Å². The van der Waals surface area contributed by atoms with Gasteiger partial charge in [-0.3, -0.25) is 0 Å². The molecule has 3 rings (SSSR count). The first-order chi connectivity index (χ1) is 11.3. The Morgan fingerprint density at radius 3 is 2.13 bits per heavy atom. The van der Waals surface area contributed by atoms with E-state index >= 15 is 0 Å². The van der Waals surface area contributed by atoms with Crippen LogP contribution < -0.4 is 0 Å². The van der Waals surface area contributed by atoms with E-state index in [9.17, 15) is 5.11 Å². The summed E-state index contributed by atoms with van der Waals surface area (Å²) in [5.74, 6) is 1.49. The van der Waals surface area contributed by atoms with Crippen molar-refractivity contribution in [1.82, 2.24) is 0 Å². The van der Waals surface area contributed by atoms with Crippen LogP contribution in [0.5, 0.6) is 0 Å². The highest BCUT2D eigenvalue weighted by Gasteiger charge is 2.25. The van der Waals surface area contributed by atoms with Gasteiger partial charge in [0.1, 0.15) is 0 Å². The van der Waals surface area contributed by atoms with Crippen LogP contribution in [-0.4, -0.2) is 23.9 Å². The normalized spacial score (nSPS) is 34.7. The smallest absolute Gasteiger partial charge is 0.0604 e. The third kappa shape index (κ3) is 7.56. The van der Waals surface area contributed by atoms with E-state index in [1.54, 1.807) is 0 Å². The van der Waals surface area contributed by atoms with E-state index in [2.05, 4.69) is 6.92 Å². The van der Waals surface area contributed by atoms with Gasteiger partial charge in [0, 0.05) is 6.61 Å². The van der Waals surface area contributed by atoms with Crippen LogP contribution in [0.15, 0.2) is 0 Å². The lowest BCUT2D eigenvalue weighted by Crippen LogP contribution is -2.28. The van der Waals surface area contributed by atoms with Gasteiger partial charge in [0.2, 0.25) is 0 Å². The third-order valence-corrected chi connectivity index (χ3v) is 6.12. The van der Waals surface area contributed by atoms with Crippen molar-refractivity contribution in [2.24, 2.45) is 11.8 Å². The maximum Gasteiger partial charge on any atom is 0.0604 e. The lowest BCUT2D eigenvalue weighted by atomic mass is 9.82. The lowest BCUT2D eigenvalue weighted by molar-refractivity contribution is -0.0135. The molecule has 1 N–H and O–H groups in total. The molecule has 3 fully saturated rings. The number of fused-ring (bicyclic) bond motifs is 12. The minimum absolute atomic E-state index is 0.100. The summed E-state index contributed by atoms with van der Waals surface area (Å²) in [5, 5.41) is 10.5. The molecule has 0 amide bonds. The number of rotatable bonds is 4. The van der Waals surface area contributed by atoms with Gasteiger partial charge in [0.25, 0.3) is 0 Å². The molecule has 3 aliphatic rings. The van der Waals surface area contributed by atoms with E-state index in [1.165, 1.54) is 77.0 Å². The molecule has 0 heterocycles. The number of aliphatic hydroxyl groups is 1. The predicted molar refractivity (Wildman–Crippen MR) is 97.7 cm³/mol. The van der Waals surface area contributed by atoms with Gasteiger partial charge in [-0.05, 0) is 50.4 Å². The SMILES string of the molecule is CCCCOC1CCC(O)CC2CCCCCC1CCCCC2. The fourth-order valence-corrected chi connectivity index (χ4v) is 4.62. The van der Waals surface area contributed by atoms with Gasteiger partial charge in [0.15, 0.2) is 0 Å². The Morgan fingerprint density at radius 1 is 0.826 bits per heavy atom. The maximum absolute atomic E-state index is 10.5. The first-order valence-electron chi connectivity index (χ1n) is 10.6. The van der Waals surface area contributed by atoms with Crippen molar-refractivity contribution in [3.8, 4) is 0 Å². The Bertz CT molecular complexity index is 278. The Kier molecular flexibility index (Phi) is 9.60. The van der Waals surface area contributed by atoms with Gasteiger partial charge in [-0.15, -0.1) is 0 Å².